The zero-order chi connectivity index (χ0) is 13.8. The lowest BCUT2D eigenvalue weighted by molar-refractivity contribution is -0.143. The van der Waals surface area contributed by atoms with Crippen LogP contribution < -0.4 is 0 Å². The number of carbonyl (C=O) groups is 2. The molecular formula is C14H24O4. The smallest absolute Gasteiger partial charge is 0.331 e. The van der Waals surface area contributed by atoms with Gasteiger partial charge in [-0.1, -0.05) is 26.2 Å². The summed E-state index contributed by atoms with van der Waals surface area (Å²) in [4.78, 5) is 22.3. The average molecular weight is 256 g/mol. The summed E-state index contributed by atoms with van der Waals surface area (Å²) in [6.07, 6.45) is 7.58. The maximum atomic E-state index is 11.3. The third kappa shape index (κ3) is 9.87. The van der Waals surface area contributed by atoms with Crippen molar-refractivity contribution < 1.29 is 19.1 Å². The molecule has 0 aliphatic rings. The van der Waals surface area contributed by atoms with Crippen LogP contribution in [0, 0.1) is 0 Å². The highest BCUT2D eigenvalue weighted by molar-refractivity contribution is 5.91. The van der Waals surface area contributed by atoms with Crippen molar-refractivity contribution in [2.75, 3.05) is 6.61 Å². The molecule has 0 aliphatic carbocycles. The maximum Gasteiger partial charge on any atom is 0.331 e. The summed E-state index contributed by atoms with van der Waals surface area (Å²) < 4.78 is 9.78. The first kappa shape index (κ1) is 16.7. The number of esters is 2. The van der Waals surface area contributed by atoms with Crippen LogP contribution in [0.15, 0.2) is 12.2 Å². The Labute approximate surface area is 109 Å². The van der Waals surface area contributed by atoms with E-state index in [0.29, 0.717) is 6.61 Å². The van der Waals surface area contributed by atoms with E-state index in [9.17, 15) is 9.59 Å². The number of rotatable bonds is 9. The Bertz CT molecular complexity index is 271. The van der Waals surface area contributed by atoms with Crippen molar-refractivity contribution in [3.05, 3.63) is 12.2 Å². The van der Waals surface area contributed by atoms with Gasteiger partial charge in [0.05, 0.1) is 12.7 Å². The van der Waals surface area contributed by atoms with Gasteiger partial charge in [0.2, 0.25) is 0 Å². The molecule has 0 aromatic carbocycles. The van der Waals surface area contributed by atoms with Crippen LogP contribution in [0.25, 0.3) is 0 Å². The van der Waals surface area contributed by atoms with Crippen LogP contribution >= 0.6 is 0 Å². The van der Waals surface area contributed by atoms with Crippen LogP contribution in [0.5, 0.6) is 0 Å². The zero-order valence-corrected chi connectivity index (χ0v) is 11.6. The molecule has 104 valence electrons. The molecule has 0 spiro atoms. The molecule has 0 aromatic heterocycles. The zero-order valence-electron chi connectivity index (χ0n) is 11.6. The van der Waals surface area contributed by atoms with Crippen molar-refractivity contribution in [2.24, 2.45) is 0 Å². The molecule has 0 heterocycles. The Hall–Kier alpha value is -1.32. The molecule has 0 aromatic rings. The van der Waals surface area contributed by atoms with Crippen molar-refractivity contribution in [1.82, 2.24) is 0 Å². The average Bonchev–Trinajstić information content (AvgIpc) is 2.32. The third-order valence-electron chi connectivity index (χ3n) is 2.42. The Balaban J connectivity index is 3.76. The van der Waals surface area contributed by atoms with Gasteiger partial charge in [0.15, 0.2) is 0 Å². The SMILES string of the molecule is CCCCCCC(C)OC(=O)/C=C/C(=O)OCC. The van der Waals surface area contributed by atoms with E-state index in [0.717, 1.165) is 31.4 Å². The van der Waals surface area contributed by atoms with Crippen LogP contribution in [0.2, 0.25) is 0 Å². The van der Waals surface area contributed by atoms with Crippen LogP contribution in [-0.4, -0.2) is 24.6 Å². The van der Waals surface area contributed by atoms with Crippen molar-refractivity contribution in [2.45, 2.75) is 59.0 Å². The molecule has 0 amide bonds. The summed E-state index contributed by atoms with van der Waals surface area (Å²) in [6, 6.07) is 0. The molecule has 0 bridgehead atoms. The summed E-state index contributed by atoms with van der Waals surface area (Å²) in [5.41, 5.74) is 0. The first-order chi connectivity index (χ1) is 8.60. The van der Waals surface area contributed by atoms with Crippen LogP contribution in [0.3, 0.4) is 0 Å². The fraction of sp³-hybridized carbons (Fsp3) is 0.714. The minimum atomic E-state index is -0.523. The summed E-state index contributed by atoms with van der Waals surface area (Å²) in [5.74, 6) is -1.02. The molecule has 0 radical (unpaired) electrons. The number of carbonyl (C=O) groups excluding carboxylic acids is 2. The summed E-state index contributed by atoms with van der Waals surface area (Å²) in [6.45, 7) is 6.03. The van der Waals surface area contributed by atoms with E-state index < -0.39 is 11.9 Å². The monoisotopic (exact) mass is 256 g/mol. The molecule has 4 nitrogen and oxygen atoms in total. The van der Waals surface area contributed by atoms with Crippen molar-refractivity contribution >= 4 is 11.9 Å². The Kier molecular flexibility index (Phi) is 10.0. The van der Waals surface area contributed by atoms with Gasteiger partial charge in [-0.25, -0.2) is 9.59 Å². The lowest BCUT2D eigenvalue weighted by Crippen LogP contribution is -2.13. The number of unbranched alkanes of at least 4 members (excludes halogenated alkanes) is 3. The van der Waals surface area contributed by atoms with E-state index in [4.69, 9.17) is 4.74 Å². The molecular weight excluding hydrogens is 232 g/mol. The van der Waals surface area contributed by atoms with Gasteiger partial charge in [-0.05, 0) is 26.7 Å². The molecule has 0 saturated heterocycles. The Morgan fingerprint density at radius 2 is 1.72 bits per heavy atom. The van der Waals surface area contributed by atoms with Crippen LogP contribution in [0.1, 0.15) is 52.9 Å². The van der Waals surface area contributed by atoms with Gasteiger partial charge in [0, 0.05) is 12.2 Å². The Morgan fingerprint density at radius 3 is 2.33 bits per heavy atom. The highest BCUT2D eigenvalue weighted by Crippen LogP contribution is 2.08. The van der Waals surface area contributed by atoms with E-state index >= 15 is 0 Å². The third-order valence-corrected chi connectivity index (χ3v) is 2.42. The van der Waals surface area contributed by atoms with E-state index in [1.807, 2.05) is 6.92 Å². The van der Waals surface area contributed by atoms with E-state index in [2.05, 4.69) is 11.7 Å². The van der Waals surface area contributed by atoms with Crippen molar-refractivity contribution in [1.29, 1.82) is 0 Å². The quantitative estimate of drug-likeness (QED) is 0.361. The minimum absolute atomic E-state index is 0.110. The van der Waals surface area contributed by atoms with Gasteiger partial charge in [-0.2, -0.15) is 0 Å². The normalized spacial score (nSPS) is 12.4. The van der Waals surface area contributed by atoms with E-state index in [1.54, 1.807) is 6.92 Å². The molecule has 18 heavy (non-hydrogen) atoms. The van der Waals surface area contributed by atoms with Crippen molar-refractivity contribution in [3.8, 4) is 0 Å². The molecule has 1 unspecified atom stereocenters. The molecule has 0 fully saturated rings. The summed E-state index contributed by atoms with van der Waals surface area (Å²) >= 11 is 0. The summed E-state index contributed by atoms with van der Waals surface area (Å²) in [5, 5.41) is 0. The number of ether oxygens (including phenoxy) is 2. The number of hydrogen-bond donors (Lipinski definition) is 0. The van der Waals surface area contributed by atoms with Gasteiger partial charge in [0.1, 0.15) is 0 Å². The predicted molar refractivity (Wildman–Crippen MR) is 70.1 cm³/mol. The second kappa shape index (κ2) is 10.8. The molecule has 0 rings (SSSR count). The molecule has 1 atom stereocenters. The molecule has 4 heteroatoms. The largest absolute Gasteiger partial charge is 0.463 e. The Morgan fingerprint density at radius 1 is 1.06 bits per heavy atom. The van der Waals surface area contributed by atoms with Crippen molar-refractivity contribution in [3.63, 3.8) is 0 Å². The molecule has 0 aliphatic heterocycles. The van der Waals surface area contributed by atoms with Gasteiger partial charge in [-0.15, -0.1) is 0 Å². The minimum Gasteiger partial charge on any atom is -0.463 e. The van der Waals surface area contributed by atoms with Crippen LogP contribution in [0.4, 0.5) is 0 Å². The van der Waals surface area contributed by atoms with Gasteiger partial charge in [0.25, 0.3) is 0 Å². The van der Waals surface area contributed by atoms with Gasteiger partial charge < -0.3 is 9.47 Å². The predicted octanol–water partition coefficient (Wildman–Crippen LogP) is 3.01. The van der Waals surface area contributed by atoms with Gasteiger partial charge >= 0.3 is 11.9 Å². The number of hydrogen-bond acceptors (Lipinski definition) is 4. The van der Waals surface area contributed by atoms with E-state index in [1.165, 1.54) is 12.8 Å². The lowest BCUT2D eigenvalue weighted by Gasteiger charge is -2.11. The molecule has 0 N–H and O–H groups in total. The standard InChI is InChI=1S/C14H24O4/c1-4-6-7-8-9-12(3)18-14(16)11-10-13(15)17-5-2/h10-12H,4-9H2,1-3H3/b11-10+. The fourth-order valence-corrected chi connectivity index (χ4v) is 1.48. The summed E-state index contributed by atoms with van der Waals surface area (Å²) in [7, 11) is 0. The first-order valence-corrected chi connectivity index (χ1v) is 6.65. The maximum absolute atomic E-state index is 11.3. The van der Waals surface area contributed by atoms with Crippen LogP contribution in [-0.2, 0) is 19.1 Å². The van der Waals surface area contributed by atoms with E-state index in [-0.39, 0.29) is 6.10 Å². The van der Waals surface area contributed by atoms with Gasteiger partial charge in [-0.3, -0.25) is 0 Å². The second-order valence-electron chi connectivity index (χ2n) is 4.18. The topological polar surface area (TPSA) is 52.6 Å². The fourth-order valence-electron chi connectivity index (χ4n) is 1.48. The second-order valence-corrected chi connectivity index (χ2v) is 4.18. The molecule has 0 saturated carbocycles. The highest BCUT2D eigenvalue weighted by atomic mass is 16.5. The first-order valence-electron chi connectivity index (χ1n) is 6.65. The lowest BCUT2D eigenvalue weighted by atomic mass is 10.1. The highest BCUT2D eigenvalue weighted by Gasteiger charge is 2.07.